The maximum absolute atomic E-state index is 12.6. The summed E-state index contributed by atoms with van der Waals surface area (Å²) in [4.78, 5) is 12.6. The topological polar surface area (TPSA) is 105 Å². The van der Waals surface area contributed by atoms with Gasteiger partial charge in [-0.3, -0.25) is 4.79 Å². The van der Waals surface area contributed by atoms with Gasteiger partial charge in [-0.05, 0) is 149 Å². The van der Waals surface area contributed by atoms with Crippen LogP contribution in [0, 0.1) is 52.3 Å². The van der Waals surface area contributed by atoms with Crippen molar-refractivity contribution < 1.29 is 34.3 Å². The Morgan fingerprint density at radius 1 is 0.862 bits per heavy atom. The van der Waals surface area contributed by atoms with E-state index < -0.39 is 30.7 Å². The lowest BCUT2D eigenvalue weighted by molar-refractivity contribution is -0.313. The van der Waals surface area contributed by atoms with Gasteiger partial charge in [-0.2, -0.15) is 0 Å². The van der Waals surface area contributed by atoms with Crippen molar-refractivity contribution in [1.82, 2.24) is 0 Å². The highest BCUT2D eigenvalue weighted by Gasteiger charge is 2.59. The van der Waals surface area contributed by atoms with E-state index >= 15 is 0 Å². The van der Waals surface area contributed by atoms with E-state index in [-0.39, 0.29) is 24.1 Å². The molecule has 1 aliphatic heterocycles. The summed E-state index contributed by atoms with van der Waals surface area (Å²) in [7, 11) is 0. The lowest BCUT2D eigenvalue weighted by Crippen LogP contribution is -2.60. The first-order valence-corrected chi connectivity index (χ1v) is 24.3. The van der Waals surface area contributed by atoms with Crippen molar-refractivity contribution in [2.24, 2.45) is 52.3 Å². The van der Waals surface area contributed by atoms with Crippen molar-refractivity contribution in [3.05, 3.63) is 36.0 Å². The Balaban J connectivity index is 1.06. The molecule has 0 aromatic carbocycles. The molecule has 0 aromatic heterocycles. The second-order valence-corrected chi connectivity index (χ2v) is 20.4. The lowest BCUT2D eigenvalue weighted by Gasteiger charge is -2.58. The van der Waals surface area contributed by atoms with Gasteiger partial charge < -0.3 is 29.5 Å². The van der Waals surface area contributed by atoms with Gasteiger partial charge in [0.25, 0.3) is 0 Å². The summed E-state index contributed by atoms with van der Waals surface area (Å²) in [6.45, 7) is 17.0. The monoisotopic (exact) mass is 811 g/mol. The maximum Gasteiger partial charge on any atom is 0.305 e. The van der Waals surface area contributed by atoms with Crippen LogP contribution >= 0.6 is 0 Å². The largest absolute Gasteiger partial charge is 0.463 e. The summed E-state index contributed by atoms with van der Waals surface area (Å²) in [5.41, 5.74) is 2.11. The number of unbranched alkanes of at least 4 members (excludes halogenated alkanes) is 6. The summed E-state index contributed by atoms with van der Waals surface area (Å²) in [6, 6.07) is 0. The summed E-state index contributed by atoms with van der Waals surface area (Å²) >= 11 is 0. The zero-order chi connectivity index (χ0) is 41.9. The van der Waals surface area contributed by atoms with Crippen LogP contribution < -0.4 is 0 Å². The number of allylic oxidation sites excluding steroid dienone is 5. The Morgan fingerprint density at radius 2 is 1.60 bits per heavy atom. The van der Waals surface area contributed by atoms with Gasteiger partial charge in [0.05, 0.1) is 6.10 Å². The Morgan fingerprint density at radius 3 is 2.31 bits per heavy atom. The van der Waals surface area contributed by atoms with Gasteiger partial charge in [-0.25, -0.2) is 0 Å². The molecule has 1 saturated heterocycles. The molecule has 0 spiro atoms. The van der Waals surface area contributed by atoms with Crippen LogP contribution in [-0.2, 0) is 19.0 Å². The molecule has 4 fully saturated rings. The highest BCUT2D eigenvalue weighted by atomic mass is 16.7. The molecule has 0 aromatic rings. The van der Waals surface area contributed by atoms with Gasteiger partial charge in [0.15, 0.2) is 6.29 Å². The van der Waals surface area contributed by atoms with Crippen LogP contribution in [0.25, 0.3) is 0 Å². The molecule has 5 rings (SSSR count). The number of fused-ring (bicyclic) bond motifs is 5. The molecule has 5 aliphatic rings. The summed E-state index contributed by atoms with van der Waals surface area (Å²) in [5.74, 6) is 5.18. The third-order valence-electron chi connectivity index (χ3n) is 16.5. The standard InChI is InChI=1S/C51H86O7/c1-8-10-11-12-13-14-15-16-17-18-19-20-21-22-45(52)56-34-44-46(53)47(54)48(55)49(58-44)57-39-29-31-50(6)38(33-39)25-26-40-42-28-27-41(51(42,7)32-30-43(40)50)36(5)23-24-37(9-2)35(3)4/h13-14,16-17,25,35-37,39-44,46-49,53-55H,8-12,15,18-24,26-34H2,1-7H3/b14-13-,17-16-/t36-,37-,39+,40+,41-,42+,43+,44?,46-,47?,48?,49-,50+,51-/m1/s1. The fraction of sp³-hybridized carbons (Fsp3) is 0.863. The lowest BCUT2D eigenvalue weighted by atomic mass is 9.47. The molecule has 14 atom stereocenters. The second kappa shape index (κ2) is 22.5. The van der Waals surface area contributed by atoms with Crippen LogP contribution in [-0.4, -0.2) is 64.7 Å². The van der Waals surface area contributed by atoms with Crippen LogP contribution in [0.15, 0.2) is 36.0 Å². The van der Waals surface area contributed by atoms with Crippen molar-refractivity contribution in [2.45, 2.75) is 220 Å². The molecule has 0 radical (unpaired) electrons. The van der Waals surface area contributed by atoms with Crippen molar-refractivity contribution in [3.63, 3.8) is 0 Å². The number of hydrogen-bond acceptors (Lipinski definition) is 7. The average Bonchev–Trinajstić information content (AvgIpc) is 3.56. The molecule has 58 heavy (non-hydrogen) atoms. The van der Waals surface area contributed by atoms with E-state index in [9.17, 15) is 20.1 Å². The molecule has 4 aliphatic carbocycles. The molecule has 0 bridgehead atoms. The molecular weight excluding hydrogens is 725 g/mol. The van der Waals surface area contributed by atoms with Crippen LogP contribution in [0.1, 0.15) is 183 Å². The third-order valence-corrected chi connectivity index (χ3v) is 16.5. The zero-order valence-electron chi connectivity index (χ0n) is 37.9. The first-order valence-electron chi connectivity index (χ1n) is 24.3. The first kappa shape index (κ1) is 47.5. The van der Waals surface area contributed by atoms with Crippen molar-refractivity contribution in [1.29, 1.82) is 0 Å². The van der Waals surface area contributed by atoms with E-state index in [0.29, 0.717) is 17.8 Å². The SMILES string of the molecule is CCCCC/C=C\C/C=C\CCCCCC(=O)OCC1O[C@@H](O[C@H]2CC[C@@]3(C)C(=CC[C@H]4[C@@H]5CC[C@H]([C@H](C)CC[C@@H](CC)C(C)C)[C@@]5(C)CC[C@@H]43)C2)C(O)C(O)[C@@H]1O. The Kier molecular flexibility index (Phi) is 18.5. The van der Waals surface area contributed by atoms with Gasteiger partial charge in [-0.15, -0.1) is 0 Å². The molecule has 0 amide bonds. The molecule has 3 unspecified atom stereocenters. The predicted octanol–water partition coefficient (Wildman–Crippen LogP) is 11.4. The third kappa shape index (κ3) is 11.7. The Bertz CT molecular complexity index is 1340. The number of rotatable bonds is 22. The number of esters is 1. The summed E-state index contributed by atoms with van der Waals surface area (Å²) < 4.78 is 18.0. The smallest absolute Gasteiger partial charge is 0.305 e. The minimum absolute atomic E-state index is 0.147. The Hall–Kier alpha value is -1.51. The van der Waals surface area contributed by atoms with E-state index in [1.165, 1.54) is 76.2 Å². The van der Waals surface area contributed by atoms with Crippen LogP contribution in [0.4, 0.5) is 0 Å². The number of ether oxygens (including phenoxy) is 3. The molecule has 7 heteroatoms. The molecule has 3 N–H and O–H groups in total. The maximum atomic E-state index is 12.6. The van der Waals surface area contributed by atoms with Crippen LogP contribution in [0.3, 0.4) is 0 Å². The van der Waals surface area contributed by atoms with Crippen molar-refractivity contribution >= 4 is 5.97 Å². The van der Waals surface area contributed by atoms with Gasteiger partial charge in [0.1, 0.15) is 31.0 Å². The number of carbonyl (C=O) groups is 1. The molecular formula is C51H86O7. The van der Waals surface area contributed by atoms with Gasteiger partial charge in [-0.1, -0.05) is 117 Å². The highest BCUT2D eigenvalue weighted by molar-refractivity contribution is 5.69. The molecule has 1 heterocycles. The van der Waals surface area contributed by atoms with E-state index in [1.54, 1.807) is 0 Å². The zero-order valence-corrected chi connectivity index (χ0v) is 37.9. The quantitative estimate of drug-likeness (QED) is 0.0568. The van der Waals surface area contributed by atoms with E-state index in [2.05, 4.69) is 78.8 Å². The van der Waals surface area contributed by atoms with Gasteiger partial charge in [0.2, 0.25) is 0 Å². The number of aliphatic hydroxyl groups excluding tert-OH is 3. The minimum atomic E-state index is -1.45. The number of carbonyl (C=O) groups excluding carboxylic acids is 1. The van der Waals surface area contributed by atoms with Crippen LogP contribution in [0.5, 0.6) is 0 Å². The second-order valence-electron chi connectivity index (χ2n) is 20.4. The van der Waals surface area contributed by atoms with E-state index in [0.717, 1.165) is 93.3 Å². The summed E-state index contributed by atoms with van der Waals surface area (Å²) in [6.07, 6.45) is 28.4. The van der Waals surface area contributed by atoms with Crippen molar-refractivity contribution in [3.8, 4) is 0 Å². The van der Waals surface area contributed by atoms with Gasteiger partial charge >= 0.3 is 5.97 Å². The normalized spacial score (nSPS) is 37.4. The number of hydrogen-bond donors (Lipinski definition) is 3. The molecule has 3 saturated carbocycles. The van der Waals surface area contributed by atoms with E-state index in [1.807, 2.05) is 0 Å². The fourth-order valence-electron chi connectivity index (χ4n) is 12.7. The average molecular weight is 811 g/mol. The minimum Gasteiger partial charge on any atom is -0.463 e. The van der Waals surface area contributed by atoms with E-state index in [4.69, 9.17) is 14.2 Å². The van der Waals surface area contributed by atoms with Crippen LogP contribution in [0.2, 0.25) is 0 Å². The summed E-state index contributed by atoms with van der Waals surface area (Å²) in [5, 5.41) is 32.5. The predicted molar refractivity (Wildman–Crippen MR) is 235 cm³/mol. The first-order chi connectivity index (χ1) is 27.8. The number of aliphatic hydroxyl groups is 3. The van der Waals surface area contributed by atoms with Crippen molar-refractivity contribution in [2.75, 3.05) is 6.61 Å². The van der Waals surface area contributed by atoms with Gasteiger partial charge in [0, 0.05) is 6.42 Å². The molecule has 332 valence electrons. The fourth-order valence-corrected chi connectivity index (χ4v) is 12.7. The molecule has 7 nitrogen and oxygen atoms in total. The Labute approximate surface area is 354 Å². The highest BCUT2D eigenvalue weighted by Crippen LogP contribution is 2.67.